The van der Waals surface area contributed by atoms with E-state index in [2.05, 4.69) is 35.9 Å². The fourth-order valence-corrected chi connectivity index (χ4v) is 1.56. The summed E-state index contributed by atoms with van der Waals surface area (Å²) < 4.78 is 0.831. The molecule has 0 aliphatic rings. The highest BCUT2D eigenvalue weighted by Crippen LogP contribution is 2.28. The molecule has 0 atom stereocenters. The normalized spacial score (nSPS) is 9.79. The zero-order valence-electron chi connectivity index (χ0n) is 6.92. The molecule has 6 heteroatoms. The lowest BCUT2D eigenvalue weighted by Gasteiger charge is -2.00. The third-order valence-corrected chi connectivity index (χ3v) is 2.35. The number of rotatable bonds is 1. The Morgan fingerprint density at radius 1 is 1.21 bits per heavy atom. The number of hydrogen-bond donors (Lipinski definition) is 0. The Labute approximate surface area is 87.6 Å². The summed E-state index contributed by atoms with van der Waals surface area (Å²) in [6.07, 6.45) is 3.15. The molecule has 5 nitrogen and oxygen atoms in total. The summed E-state index contributed by atoms with van der Waals surface area (Å²) >= 11 is 3.34. The quantitative estimate of drug-likeness (QED) is 0.442. The van der Waals surface area contributed by atoms with Crippen molar-refractivity contribution < 1.29 is 0 Å². The molecule has 0 bridgehead atoms. The highest BCUT2D eigenvalue weighted by Gasteiger charge is 2.04. The Balaban J connectivity index is 2.88. The maximum absolute atomic E-state index is 8.35. The monoisotopic (exact) mass is 249 g/mol. The fourth-order valence-electron chi connectivity index (χ4n) is 1.14. The third-order valence-electron chi connectivity index (χ3n) is 1.71. The van der Waals surface area contributed by atoms with E-state index in [1.165, 1.54) is 0 Å². The van der Waals surface area contributed by atoms with E-state index in [-0.39, 0.29) is 0 Å². The number of azide groups is 1. The zero-order chi connectivity index (χ0) is 9.97. The van der Waals surface area contributed by atoms with Gasteiger partial charge in [0.15, 0.2) is 0 Å². The van der Waals surface area contributed by atoms with Crippen LogP contribution in [0.15, 0.2) is 34.1 Å². The topological polar surface area (TPSA) is 74.5 Å². The number of aromatic nitrogens is 2. The van der Waals surface area contributed by atoms with Crippen LogP contribution in [0.25, 0.3) is 21.5 Å². The van der Waals surface area contributed by atoms with Gasteiger partial charge in [0.25, 0.3) is 0 Å². The van der Waals surface area contributed by atoms with Crippen LogP contribution in [0.3, 0.4) is 0 Å². The second-order valence-electron chi connectivity index (χ2n) is 2.51. The maximum Gasteiger partial charge on any atom is 0.103 e. The van der Waals surface area contributed by atoms with Crippen molar-refractivity contribution in [1.29, 1.82) is 0 Å². The molecule has 14 heavy (non-hydrogen) atoms. The smallest absolute Gasteiger partial charge is 0.103 e. The molecule has 0 aliphatic heterocycles. The summed E-state index contributed by atoms with van der Waals surface area (Å²) in [6.45, 7) is 0. The summed E-state index contributed by atoms with van der Waals surface area (Å²) in [5, 5.41) is 3.53. The van der Waals surface area contributed by atoms with Crippen LogP contribution in [0, 0.1) is 0 Å². The van der Waals surface area contributed by atoms with Crippen molar-refractivity contribution in [3.8, 4) is 0 Å². The molecule has 0 saturated carbocycles. The Kier molecular flexibility index (Phi) is 2.30. The molecule has 0 aliphatic carbocycles. The van der Waals surface area contributed by atoms with Crippen LogP contribution in [0.5, 0.6) is 0 Å². The maximum atomic E-state index is 8.35. The van der Waals surface area contributed by atoms with Crippen LogP contribution in [0.4, 0.5) is 5.69 Å². The molecule has 0 radical (unpaired) electrons. The molecule has 0 amide bonds. The molecule has 1 aromatic carbocycles. The average molecular weight is 250 g/mol. The van der Waals surface area contributed by atoms with E-state index >= 15 is 0 Å². The van der Waals surface area contributed by atoms with Crippen LogP contribution in [-0.4, -0.2) is 9.97 Å². The molecule has 68 valence electrons. The predicted octanol–water partition coefficient (Wildman–Crippen LogP) is 3.33. The molecular weight excluding hydrogens is 246 g/mol. The summed E-state index contributed by atoms with van der Waals surface area (Å²) in [4.78, 5) is 11.0. The minimum Gasteiger partial charge on any atom is -0.252 e. The molecule has 0 N–H and O–H groups in total. The number of hydrogen-bond acceptors (Lipinski definition) is 3. The van der Waals surface area contributed by atoms with Gasteiger partial charge in [0.1, 0.15) is 5.52 Å². The van der Waals surface area contributed by atoms with E-state index in [0.717, 1.165) is 4.47 Å². The number of fused-ring (bicyclic) bond motifs is 1. The highest BCUT2D eigenvalue weighted by molar-refractivity contribution is 9.10. The van der Waals surface area contributed by atoms with Crippen molar-refractivity contribution in [2.24, 2.45) is 5.11 Å². The number of benzene rings is 1. The Morgan fingerprint density at radius 2 is 1.93 bits per heavy atom. The summed E-state index contributed by atoms with van der Waals surface area (Å²) in [7, 11) is 0. The van der Waals surface area contributed by atoms with Gasteiger partial charge in [-0.25, -0.2) is 0 Å². The van der Waals surface area contributed by atoms with Gasteiger partial charge in [0.05, 0.1) is 11.2 Å². The van der Waals surface area contributed by atoms with Crippen LogP contribution in [0.1, 0.15) is 0 Å². The minimum absolute atomic E-state index is 0.485. The van der Waals surface area contributed by atoms with Gasteiger partial charge in [0.2, 0.25) is 0 Å². The molecule has 2 aromatic rings. The SMILES string of the molecule is [N-]=[N+]=Nc1ccc(Br)c2nccnc12. The van der Waals surface area contributed by atoms with Crippen molar-refractivity contribution in [3.05, 3.63) is 39.4 Å². The van der Waals surface area contributed by atoms with Crippen LogP contribution >= 0.6 is 15.9 Å². The molecule has 0 unspecified atom stereocenters. The molecule has 0 saturated heterocycles. The van der Waals surface area contributed by atoms with Crippen molar-refractivity contribution in [1.82, 2.24) is 9.97 Å². The highest BCUT2D eigenvalue weighted by atomic mass is 79.9. The van der Waals surface area contributed by atoms with Gasteiger partial charge in [-0.05, 0) is 33.6 Å². The van der Waals surface area contributed by atoms with Crippen molar-refractivity contribution in [2.75, 3.05) is 0 Å². The first kappa shape index (κ1) is 8.93. The van der Waals surface area contributed by atoms with Gasteiger partial charge in [-0.1, -0.05) is 5.11 Å². The first-order valence-corrected chi connectivity index (χ1v) is 4.56. The second kappa shape index (κ2) is 3.61. The van der Waals surface area contributed by atoms with E-state index in [1.54, 1.807) is 24.5 Å². The molecule has 0 spiro atoms. The summed E-state index contributed by atoms with van der Waals surface area (Å²) in [6, 6.07) is 3.47. The van der Waals surface area contributed by atoms with E-state index in [1.807, 2.05) is 0 Å². The molecule has 2 rings (SSSR count). The first-order chi connectivity index (χ1) is 6.83. The van der Waals surface area contributed by atoms with Crippen molar-refractivity contribution in [2.45, 2.75) is 0 Å². The molecule has 0 fully saturated rings. The molecule has 1 heterocycles. The van der Waals surface area contributed by atoms with Crippen molar-refractivity contribution >= 4 is 32.7 Å². The van der Waals surface area contributed by atoms with Gasteiger partial charge < -0.3 is 0 Å². The van der Waals surface area contributed by atoms with Gasteiger partial charge in [-0.15, -0.1) is 0 Å². The average Bonchev–Trinajstić information content (AvgIpc) is 2.23. The lowest BCUT2D eigenvalue weighted by molar-refractivity contribution is 1.28. The Bertz CT molecular complexity index is 532. The number of nitrogens with zero attached hydrogens (tertiary/aromatic N) is 5. The fraction of sp³-hybridized carbons (Fsp3) is 0. The van der Waals surface area contributed by atoms with E-state index in [4.69, 9.17) is 5.53 Å². The Hall–Kier alpha value is -1.65. The first-order valence-electron chi connectivity index (χ1n) is 3.77. The van der Waals surface area contributed by atoms with Gasteiger partial charge in [-0.2, -0.15) is 0 Å². The Morgan fingerprint density at radius 3 is 2.64 bits per heavy atom. The predicted molar refractivity (Wildman–Crippen MR) is 56.0 cm³/mol. The minimum atomic E-state index is 0.485. The van der Waals surface area contributed by atoms with E-state index in [9.17, 15) is 0 Å². The van der Waals surface area contributed by atoms with Gasteiger partial charge in [0, 0.05) is 21.8 Å². The summed E-state index contributed by atoms with van der Waals surface area (Å²) in [5.74, 6) is 0. The number of halogens is 1. The largest absolute Gasteiger partial charge is 0.252 e. The van der Waals surface area contributed by atoms with Crippen molar-refractivity contribution in [3.63, 3.8) is 0 Å². The van der Waals surface area contributed by atoms with Crippen LogP contribution < -0.4 is 0 Å². The molecular formula is C8H4BrN5. The lowest BCUT2D eigenvalue weighted by Crippen LogP contribution is -1.83. The van der Waals surface area contributed by atoms with E-state index in [0.29, 0.717) is 16.7 Å². The lowest BCUT2D eigenvalue weighted by atomic mass is 10.2. The van der Waals surface area contributed by atoms with E-state index < -0.39 is 0 Å². The second-order valence-corrected chi connectivity index (χ2v) is 3.36. The van der Waals surface area contributed by atoms with Crippen LogP contribution in [-0.2, 0) is 0 Å². The van der Waals surface area contributed by atoms with Gasteiger partial charge in [-0.3, -0.25) is 9.97 Å². The zero-order valence-corrected chi connectivity index (χ0v) is 8.51. The molecule has 1 aromatic heterocycles. The third kappa shape index (κ3) is 1.41. The standard InChI is InChI=1S/C8H4BrN5/c9-5-1-2-6(13-14-10)8-7(5)11-3-4-12-8/h1-4H. The summed E-state index contributed by atoms with van der Waals surface area (Å²) in [5.41, 5.74) is 10.1. The van der Waals surface area contributed by atoms with Crippen LogP contribution in [0.2, 0.25) is 0 Å². The van der Waals surface area contributed by atoms with Gasteiger partial charge >= 0.3 is 0 Å².